The molecular weight excluding hydrogens is 224 g/mol. The second-order valence-electron chi connectivity index (χ2n) is 5.63. The highest BCUT2D eigenvalue weighted by atomic mass is 16.5. The van der Waals surface area contributed by atoms with Gasteiger partial charge in [0.1, 0.15) is 0 Å². The SMILES string of the molecule is Cc1cc(C)c(CC(O)C2CCCOC2)c(C)c1. The molecule has 2 unspecified atom stereocenters. The number of hydrogen-bond acceptors (Lipinski definition) is 2. The topological polar surface area (TPSA) is 29.5 Å². The summed E-state index contributed by atoms with van der Waals surface area (Å²) in [5.74, 6) is 0.304. The largest absolute Gasteiger partial charge is 0.392 e. The van der Waals surface area contributed by atoms with Crippen LogP contribution in [0.15, 0.2) is 12.1 Å². The molecule has 18 heavy (non-hydrogen) atoms. The smallest absolute Gasteiger partial charge is 0.0630 e. The van der Waals surface area contributed by atoms with E-state index < -0.39 is 0 Å². The van der Waals surface area contributed by atoms with Gasteiger partial charge in [-0.15, -0.1) is 0 Å². The van der Waals surface area contributed by atoms with Gasteiger partial charge in [0.05, 0.1) is 12.7 Å². The third-order valence-corrected chi connectivity index (χ3v) is 3.99. The van der Waals surface area contributed by atoms with Crippen LogP contribution in [0.1, 0.15) is 35.1 Å². The second-order valence-corrected chi connectivity index (χ2v) is 5.63. The lowest BCUT2D eigenvalue weighted by Gasteiger charge is -2.27. The lowest BCUT2D eigenvalue weighted by atomic mass is 9.88. The molecular formula is C16H24O2. The Morgan fingerprint density at radius 2 is 1.94 bits per heavy atom. The monoisotopic (exact) mass is 248 g/mol. The Morgan fingerprint density at radius 1 is 1.28 bits per heavy atom. The molecule has 2 heteroatoms. The highest BCUT2D eigenvalue weighted by Crippen LogP contribution is 2.24. The van der Waals surface area contributed by atoms with Gasteiger partial charge in [-0.1, -0.05) is 17.7 Å². The molecule has 1 N–H and O–H groups in total. The highest BCUT2D eigenvalue weighted by molar-refractivity contribution is 5.37. The summed E-state index contributed by atoms with van der Waals surface area (Å²) in [6, 6.07) is 4.40. The number of benzene rings is 1. The Hall–Kier alpha value is -0.860. The molecule has 2 rings (SSSR count). The Morgan fingerprint density at radius 3 is 2.50 bits per heavy atom. The zero-order chi connectivity index (χ0) is 13.1. The van der Waals surface area contributed by atoms with E-state index in [2.05, 4.69) is 32.9 Å². The fourth-order valence-corrected chi connectivity index (χ4v) is 2.98. The van der Waals surface area contributed by atoms with Crippen LogP contribution in [0.25, 0.3) is 0 Å². The summed E-state index contributed by atoms with van der Waals surface area (Å²) in [6.07, 6.45) is 2.65. The Kier molecular flexibility index (Phi) is 4.41. The third kappa shape index (κ3) is 3.12. The van der Waals surface area contributed by atoms with Crippen molar-refractivity contribution >= 4 is 0 Å². The molecule has 2 atom stereocenters. The van der Waals surface area contributed by atoms with Crippen molar-refractivity contribution in [3.05, 3.63) is 34.4 Å². The van der Waals surface area contributed by atoms with E-state index in [1.54, 1.807) is 0 Å². The third-order valence-electron chi connectivity index (χ3n) is 3.99. The molecule has 0 radical (unpaired) electrons. The van der Waals surface area contributed by atoms with Gasteiger partial charge in [0, 0.05) is 12.5 Å². The molecule has 1 aromatic carbocycles. The van der Waals surface area contributed by atoms with Gasteiger partial charge in [-0.2, -0.15) is 0 Å². The highest BCUT2D eigenvalue weighted by Gasteiger charge is 2.23. The zero-order valence-electron chi connectivity index (χ0n) is 11.7. The average molecular weight is 248 g/mol. The van der Waals surface area contributed by atoms with Gasteiger partial charge in [0.15, 0.2) is 0 Å². The van der Waals surface area contributed by atoms with Gasteiger partial charge in [0.25, 0.3) is 0 Å². The van der Waals surface area contributed by atoms with Gasteiger partial charge in [-0.25, -0.2) is 0 Å². The number of hydrogen-bond donors (Lipinski definition) is 1. The van der Waals surface area contributed by atoms with Crippen LogP contribution in [-0.4, -0.2) is 24.4 Å². The van der Waals surface area contributed by atoms with Crippen molar-refractivity contribution in [3.8, 4) is 0 Å². The predicted octanol–water partition coefficient (Wildman–Crippen LogP) is 2.94. The first-order valence-corrected chi connectivity index (χ1v) is 6.90. The molecule has 1 aromatic rings. The molecule has 0 bridgehead atoms. The maximum atomic E-state index is 10.4. The van der Waals surface area contributed by atoms with Crippen LogP contribution in [-0.2, 0) is 11.2 Å². The predicted molar refractivity (Wildman–Crippen MR) is 73.9 cm³/mol. The first-order valence-electron chi connectivity index (χ1n) is 6.90. The standard InChI is InChI=1S/C16H24O2/c1-11-7-12(2)15(13(3)8-11)9-16(17)14-5-4-6-18-10-14/h7-8,14,16-17H,4-6,9-10H2,1-3H3. The van der Waals surface area contributed by atoms with Crippen LogP contribution >= 0.6 is 0 Å². The summed E-state index contributed by atoms with van der Waals surface area (Å²) in [6.45, 7) is 7.96. The first-order chi connectivity index (χ1) is 8.58. The van der Waals surface area contributed by atoms with Crippen molar-refractivity contribution in [2.75, 3.05) is 13.2 Å². The van der Waals surface area contributed by atoms with Gasteiger partial charge in [0.2, 0.25) is 0 Å². The van der Waals surface area contributed by atoms with Gasteiger partial charge in [-0.05, 0) is 56.7 Å². The lowest BCUT2D eigenvalue weighted by molar-refractivity contribution is -0.00857. The minimum atomic E-state index is -0.273. The second kappa shape index (κ2) is 5.85. The van der Waals surface area contributed by atoms with E-state index in [1.807, 2.05) is 0 Å². The van der Waals surface area contributed by atoms with Gasteiger partial charge in [-0.3, -0.25) is 0 Å². The van der Waals surface area contributed by atoms with Crippen molar-refractivity contribution < 1.29 is 9.84 Å². The van der Waals surface area contributed by atoms with E-state index in [0.29, 0.717) is 12.5 Å². The van der Waals surface area contributed by atoms with E-state index in [9.17, 15) is 5.11 Å². The van der Waals surface area contributed by atoms with Crippen LogP contribution in [0.5, 0.6) is 0 Å². The summed E-state index contributed by atoms with van der Waals surface area (Å²) in [7, 11) is 0. The van der Waals surface area contributed by atoms with Crippen LogP contribution in [0.2, 0.25) is 0 Å². The maximum Gasteiger partial charge on any atom is 0.0630 e. The Labute approximate surface area is 110 Å². The summed E-state index contributed by atoms with van der Waals surface area (Å²) in [4.78, 5) is 0. The molecule has 0 spiro atoms. The van der Waals surface area contributed by atoms with E-state index in [4.69, 9.17) is 4.74 Å². The quantitative estimate of drug-likeness (QED) is 0.891. The number of aliphatic hydroxyl groups is 1. The Bertz CT molecular complexity index is 383. The molecule has 1 aliphatic heterocycles. The number of rotatable bonds is 3. The molecule has 0 saturated carbocycles. The molecule has 2 nitrogen and oxygen atoms in total. The van der Waals surface area contributed by atoms with E-state index in [-0.39, 0.29) is 6.10 Å². The minimum Gasteiger partial charge on any atom is -0.392 e. The maximum absolute atomic E-state index is 10.4. The van der Waals surface area contributed by atoms with E-state index >= 15 is 0 Å². The van der Waals surface area contributed by atoms with Crippen molar-refractivity contribution in [2.45, 2.75) is 46.1 Å². The number of ether oxygens (including phenoxy) is 1. The number of aliphatic hydroxyl groups excluding tert-OH is 1. The van der Waals surface area contributed by atoms with Crippen molar-refractivity contribution in [2.24, 2.45) is 5.92 Å². The summed E-state index contributed by atoms with van der Waals surface area (Å²) >= 11 is 0. The van der Waals surface area contributed by atoms with Gasteiger partial charge >= 0.3 is 0 Å². The molecule has 1 saturated heterocycles. The first kappa shape index (κ1) is 13.6. The van der Waals surface area contributed by atoms with Gasteiger partial charge < -0.3 is 9.84 Å². The fourth-order valence-electron chi connectivity index (χ4n) is 2.98. The number of aryl methyl sites for hydroxylation is 3. The minimum absolute atomic E-state index is 0.273. The molecule has 1 fully saturated rings. The van der Waals surface area contributed by atoms with Crippen LogP contribution in [0.4, 0.5) is 0 Å². The van der Waals surface area contributed by atoms with E-state index in [0.717, 1.165) is 25.9 Å². The van der Waals surface area contributed by atoms with Crippen LogP contribution < -0.4 is 0 Å². The fraction of sp³-hybridized carbons (Fsp3) is 0.625. The van der Waals surface area contributed by atoms with Crippen molar-refractivity contribution in [1.29, 1.82) is 0 Å². The van der Waals surface area contributed by atoms with Crippen LogP contribution in [0.3, 0.4) is 0 Å². The summed E-state index contributed by atoms with van der Waals surface area (Å²) < 4.78 is 5.46. The molecule has 0 aromatic heterocycles. The molecule has 1 heterocycles. The van der Waals surface area contributed by atoms with Crippen LogP contribution in [0, 0.1) is 26.7 Å². The molecule has 0 amide bonds. The summed E-state index contributed by atoms with van der Waals surface area (Å²) in [5.41, 5.74) is 5.19. The van der Waals surface area contributed by atoms with E-state index in [1.165, 1.54) is 22.3 Å². The molecule has 1 aliphatic rings. The zero-order valence-corrected chi connectivity index (χ0v) is 11.7. The molecule has 100 valence electrons. The Balaban J connectivity index is 2.08. The average Bonchev–Trinajstić information content (AvgIpc) is 2.34. The van der Waals surface area contributed by atoms with Crippen molar-refractivity contribution in [3.63, 3.8) is 0 Å². The summed E-state index contributed by atoms with van der Waals surface area (Å²) in [5, 5.41) is 10.4. The normalized spacial score (nSPS) is 21.9. The lowest BCUT2D eigenvalue weighted by Crippen LogP contribution is -2.31. The molecule has 0 aliphatic carbocycles. The van der Waals surface area contributed by atoms with Crippen molar-refractivity contribution in [1.82, 2.24) is 0 Å².